The Morgan fingerprint density at radius 2 is 1.53 bits per heavy atom. The van der Waals surface area contributed by atoms with Crippen molar-refractivity contribution >= 4 is 28.4 Å². The molecule has 0 spiro atoms. The van der Waals surface area contributed by atoms with Crippen molar-refractivity contribution in [3.63, 3.8) is 0 Å². The van der Waals surface area contributed by atoms with Crippen LogP contribution in [-0.2, 0) is 11.3 Å². The second-order valence-corrected chi connectivity index (χ2v) is 8.25. The van der Waals surface area contributed by atoms with E-state index in [4.69, 9.17) is 0 Å². The van der Waals surface area contributed by atoms with Crippen LogP contribution in [-0.4, -0.2) is 33.8 Å². The fourth-order valence-electron chi connectivity index (χ4n) is 3.29. The molecule has 0 radical (unpaired) electrons. The van der Waals surface area contributed by atoms with E-state index in [1.54, 1.807) is 4.90 Å². The maximum Gasteiger partial charge on any atom is 0.233 e. The number of fused-ring (bicyclic) bond motifs is 1. The molecule has 0 saturated carbocycles. The molecule has 4 aromatic rings. The van der Waals surface area contributed by atoms with Crippen molar-refractivity contribution in [3.05, 3.63) is 90.0 Å². The molecule has 4 nitrogen and oxygen atoms in total. The van der Waals surface area contributed by atoms with E-state index >= 15 is 0 Å². The van der Waals surface area contributed by atoms with E-state index in [2.05, 4.69) is 47.5 Å². The van der Waals surface area contributed by atoms with Gasteiger partial charge in [-0.05, 0) is 12.5 Å². The van der Waals surface area contributed by atoms with Crippen molar-refractivity contribution in [2.24, 2.45) is 0 Å². The molecule has 30 heavy (non-hydrogen) atoms. The average Bonchev–Trinajstić information content (AvgIpc) is 2.79. The largest absolute Gasteiger partial charge is 0.341 e. The summed E-state index contributed by atoms with van der Waals surface area (Å²) in [5.74, 6) is 0.393. The van der Waals surface area contributed by atoms with Crippen LogP contribution in [0, 0.1) is 6.92 Å². The third kappa shape index (κ3) is 4.52. The van der Waals surface area contributed by atoms with Gasteiger partial charge >= 0.3 is 0 Å². The molecular weight excluding hydrogens is 390 g/mol. The van der Waals surface area contributed by atoms with E-state index in [9.17, 15) is 4.79 Å². The summed E-state index contributed by atoms with van der Waals surface area (Å²) in [6.45, 7) is 2.66. The first kappa shape index (κ1) is 20.1. The molecule has 0 fully saturated rings. The maximum atomic E-state index is 12.7. The number of aryl methyl sites for hydroxylation is 1. The molecule has 1 amide bonds. The van der Waals surface area contributed by atoms with Crippen LogP contribution in [0.1, 0.15) is 11.1 Å². The number of amides is 1. The summed E-state index contributed by atoms with van der Waals surface area (Å²) in [6.07, 6.45) is 0. The van der Waals surface area contributed by atoms with Gasteiger partial charge in [-0.2, -0.15) is 0 Å². The summed E-state index contributed by atoms with van der Waals surface area (Å²) in [5, 5.41) is 11.8. The third-order valence-electron chi connectivity index (χ3n) is 5.00. The molecule has 0 unspecified atom stereocenters. The molecule has 0 atom stereocenters. The van der Waals surface area contributed by atoms with Crippen molar-refractivity contribution in [1.82, 2.24) is 15.1 Å². The Bertz CT molecular complexity index is 1160. The van der Waals surface area contributed by atoms with E-state index in [0.717, 1.165) is 32.6 Å². The van der Waals surface area contributed by atoms with E-state index in [1.807, 2.05) is 55.6 Å². The highest BCUT2D eigenvalue weighted by molar-refractivity contribution is 8.00. The number of carbonyl (C=O) groups excluding carboxylic acids is 1. The Kier molecular flexibility index (Phi) is 6.10. The number of nitrogens with zero attached hydrogens (tertiary/aromatic N) is 3. The monoisotopic (exact) mass is 413 g/mol. The lowest BCUT2D eigenvalue weighted by Gasteiger charge is -2.17. The lowest BCUT2D eigenvalue weighted by atomic mass is 10.1. The average molecular weight is 414 g/mol. The number of aromatic nitrogens is 2. The van der Waals surface area contributed by atoms with Gasteiger partial charge < -0.3 is 4.90 Å². The van der Waals surface area contributed by atoms with E-state index in [0.29, 0.717) is 12.3 Å². The molecule has 1 heterocycles. The van der Waals surface area contributed by atoms with Gasteiger partial charge in [-0.3, -0.25) is 4.79 Å². The first-order chi connectivity index (χ1) is 14.6. The fourth-order valence-corrected chi connectivity index (χ4v) is 4.20. The van der Waals surface area contributed by atoms with E-state index in [1.165, 1.54) is 17.3 Å². The van der Waals surface area contributed by atoms with Crippen LogP contribution in [0.25, 0.3) is 22.0 Å². The fraction of sp³-hybridized carbons (Fsp3) is 0.160. The Morgan fingerprint density at radius 1 is 0.867 bits per heavy atom. The predicted octanol–water partition coefficient (Wildman–Crippen LogP) is 5.36. The van der Waals surface area contributed by atoms with Gasteiger partial charge in [-0.15, -0.1) is 10.2 Å². The molecule has 1 aromatic heterocycles. The molecule has 0 aliphatic heterocycles. The molecular formula is C25H23N3OS. The van der Waals surface area contributed by atoms with Crippen LogP contribution >= 0.6 is 11.8 Å². The SMILES string of the molecule is Cc1ccc(CN(C)C(=O)CSc2nnc(-c3ccccc3)c3ccccc23)cc1. The molecule has 0 saturated heterocycles. The number of benzene rings is 3. The quantitative estimate of drug-likeness (QED) is 0.400. The number of hydrogen-bond donors (Lipinski definition) is 0. The predicted molar refractivity (Wildman–Crippen MR) is 123 cm³/mol. The number of thioether (sulfide) groups is 1. The van der Waals surface area contributed by atoms with Crippen molar-refractivity contribution in [3.8, 4) is 11.3 Å². The van der Waals surface area contributed by atoms with Crippen LogP contribution < -0.4 is 0 Å². The Morgan fingerprint density at radius 3 is 2.27 bits per heavy atom. The highest BCUT2D eigenvalue weighted by Gasteiger charge is 2.14. The molecule has 3 aromatic carbocycles. The van der Waals surface area contributed by atoms with E-state index < -0.39 is 0 Å². The molecule has 0 aliphatic carbocycles. The first-order valence-electron chi connectivity index (χ1n) is 9.85. The molecule has 0 bridgehead atoms. The molecule has 150 valence electrons. The maximum absolute atomic E-state index is 12.7. The summed E-state index contributed by atoms with van der Waals surface area (Å²) in [5.41, 5.74) is 4.23. The lowest BCUT2D eigenvalue weighted by Crippen LogP contribution is -2.27. The summed E-state index contributed by atoms with van der Waals surface area (Å²) in [6, 6.07) is 26.4. The van der Waals surface area contributed by atoms with Crippen LogP contribution in [0.3, 0.4) is 0 Å². The Hall–Kier alpha value is -3.18. The number of rotatable bonds is 6. The molecule has 0 aliphatic rings. The van der Waals surface area contributed by atoms with Crippen molar-refractivity contribution in [2.45, 2.75) is 18.5 Å². The third-order valence-corrected chi connectivity index (χ3v) is 5.97. The smallest absolute Gasteiger partial charge is 0.233 e. The normalized spacial score (nSPS) is 10.9. The standard InChI is InChI=1S/C25H23N3OS/c1-18-12-14-19(15-13-18)16-28(2)23(29)17-30-25-22-11-7-6-10-21(22)24(26-27-25)20-8-4-3-5-9-20/h3-15H,16-17H2,1-2H3. The summed E-state index contributed by atoms with van der Waals surface area (Å²) >= 11 is 1.44. The van der Waals surface area contributed by atoms with Gasteiger partial charge in [0, 0.05) is 29.9 Å². The van der Waals surface area contributed by atoms with E-state index in [-0.39, 0.29) is 5.91 Å². The highest BCUT2D eigenvalue weighted by Crippen LogP contribution is 2.31. The summed E-state index contributed by atoms with van der Waals surface area (Å²) in [7, 11) is 1.84. The van der Waals surface area contributed by atoms with Gasteiger partial charge in [-0.25, -0.2) is 0 Å². The molecule has 4 rings (SSSR count). The zero-order valence-corrected chi connectivity index (χ0v) is 17.9. The van der Waals surface area contributed by atoms with Crippen molar-refractivity contribution in [1.29, 1.82) is 0 Å². The van der Waals surface area contributed by atoms with Crippen LogP contribution in [0.15, 0.2) is 83.9 Å². The number of carbonyl (C=O) groups is 1. The highest BCUT2D eigenvalue weighted by atomic mass is 32.2. The van der Waals surface area contributed by atoms with Crippen LogP contribution in [0.4, 0.5) is 0 Å². The van der Waals surface area contributed by atoms with Crippen LogP contribution in [0.5, 0.6) is 0 Å². The van der Waals surface area contributed by atoms with Gasteiger partial charge in [0.05, 0.1) is 5.75 Å². The zero-order chi connectivity index (χ0) is 20.9. The molecule has 5 heteroatoms. The zero-order valence-electron chi connectivity index (χ0n) is 17.1. The van der Waals surface area contributed by atoms with Gasteiger partial charge in [-0.1, -0.05) is 96.2 Å². The van der Waals surface area contributed by atoms with Gasteiger partial charge in [0.1, 0.15) is 10.7 Å². The topological polar surface area (TPSA) is 46.1 Å². The second kappa shape index (κ2) is 9.09. The first-order valence-corrected chi connectivity index (χ1v) is 10.8. The van der Waals surface area contributed by atoms with Gasteiger partial charge in [0.25, 0.3) is 0 Å². The van der Waals surface area contributed by atoms with Gasteiger partial charge in [0.2, 0.25) is 5.91 Å². The Balaban J connectivity index is 1.50. The lowest BCUT2D eigenvalue weighted by molar-refractivity contribution is -0.127. The number of hydrogen-bond acceptors (Lipinski definition) is 4. The van der Waals surface area contributed by atoms with Crippen molar-refractivity contribution in [2.75, 3.05) is 12.8 Å². The minimum atomic E-state index is 0.0681. The second-order valence-electron chi connectivity index (χ2n) is 7.29. The Labute approximate surface area is 181 Å². The molecule has 0 N–H and O–H groups in total. The minimum Gasteiger partial charge on any atom is -0.341 e. The van der Waals surface area contributed by atoms with Gasteiger partial charge in [0.15, 0.2) is 0 Å². The summed E-state index contributed by atoms with van der Waals surface area (Å²) < 4.78 is 0. The van der Waals surface area contributed by atoms with Crippen LogP contribution in [0.2, 0.25) is 0 Å². The van der Waals surface area contributed by atoms with Crippen molar-refractivity contribution < 1.29 is 4.79 Å². The summed E-state index contributed by atoms with van der Waals surface area (Å²) in [4.78, 5) is 14.4. The minimum absolute atomic E-state index is 0.0681.